The molecule has 3 aromatic heterocycles. The average molecular weight is 529 g/mol. The number of morpholine rings is 1. The van der Waals surface area contributed by atoms with Crippen molar-refractivity contribution in [1.82, 2.24) is 24.5 Å². The maximum atomic E-state index is 12.9. The van der Waals surface area contributed by atoms with E-state index in [9.17, 15) is 9.90 Å². The number of methoxy groups -OCH3 is 1. The van der Waals surface area contributed by atoms with Crippen molar-refractivity contribution in [1.29, 1.82) is 0 Å². The van der Waals surface area contributed by atoms with Crippen molar-refractivity contribution in [2.45, 2.75) is 25.4 Å². The molecule has 4 aromatic rings. The van der Waals surface area contributed by atoms with Crippen molar-refractivity contribution >= 4 is 17.2 Å². The van der Waals surface area contributed by atoms with Crippen LogP contribution in [0.2, 0.25) is 0 Å². The summed E-state index contributed by atoms with van der Waals surface area (Å²) in [6.45, 7) is 4.10. The molecule has 10 heteroatoms. The molecule has 0 atom stereocenters. The van der Waals surface area contributed by atoms with Gasteiger partial charge in [0, 0.05) is 55.6 Å². The van der Waals surface area contributed by atoms with E-state index in [2.05, 4.69) is 16.0 Å². The molecule has 0 radical (unpaired) electrons. The number of fused-ring (bicyclic) bond motifs is 1. The third-order valence-corrected chi connectivity index (χ3v) is 7.68. The van der Waals surface area contributed by atoms with Crippen molar-refractivity contribution in [2.24, 2.45) is 0 Å². The number of benzene rings is 1. The molecule has 5 heterocycles. The minimum Gasteiger partial charge on any atom is -0.496 e. The molecule has 1 N–H and O–H groups in total. The first-order valence-electron chi connectivity index (χ1n) is 13.3. The van der Waals surface area contributed by atoms with Crippen molar-refractivity contribution in [3.63, 3.8) is 0 Å². The van der Waals surface area contributed by atoms with E-state index in [4.69, 9.17) is 19.6 Å². The van der Waals surface area contributed by atoms with Gasteiger partial charge in [0.05, 0.1) is 55.8 Å². The molecule has 0 spiro atoms. The predicted octanol–water partition coefficient (Wildman–Crippen LogP) is 3.15. The minimum absolute atomic E-state index is 0.0221. The SMILES string of the molecule is COc1ccc(-c2cc(N3CCOCC3)c3ncc(C4CCN(C(=O)c5cccnc5)CC4)n3n2)cc1CO. The Kier molecular flexibility index (Phi) is 7.12. The molecule has 2 saturated heterocycles. The van der Waals surface area contributed by atoms with E-state index >= 15 is 0 Å². The van der Waals surface area contributed by atoms with Gasteiger partial charge in [-0.1, -0.05) is 0 Å². The summed E-state index contributed by atoms with van der Waals surface area (Å²) in [6, 6.07) is 11.4. The van der Waals surface area contributed by atoms with Crippen LogP contribution in [0, 0.1) is 0 Å². The maximum absolute atomic E-state index is 12.9. The molecular weight excluding hydrogens is 496 g/mol. The number of amides is 1. The molecule has 2 aliphatic rings. The van der Waals surface area contributed by atoms with Crippen LogP contribution < -0.4 is 9.64 Å². The fourth-order valence-electron chi connectivity index (χ4n) is 5.54. The van der Waals surface area contributed by atoms with Gasteiger partial charge in [0.1, 0.15) is 5.75 Å². The smallest absolute Gasteiger partial charge is 0.255 e. The van der Waals surface area contributed by atoms with E-state index in [1.807, 2.05) is 39.9 Å². The van der Waals surface area contributed by atoms with Crippen LogP contribution in [0.3, 0.4) is 0 Å². The zero-order valence-corrected chi connectivity index (χ0v) is 22.0. The zero-order valence-electron chi connectivity index (χ0n) is 22.0. The fourth-order valence-corrected chi connectivity index (χ4v) is 5.54. The monoisotopic (exact) mass is 528 g/mol. The predicted molar refractivity (Wildman–Crippen MR) is 146 cm³/mol. The van der Waals surface area contributed by atoms with E-state index in [0.717, 1.165) is 54.2 Å². The number of carbonyl (C=O) groups excluding carboxylic acids is 1. The van der Waals surface area contributed by atoms with Crippen molar-refractivity contribution in [3.05, 3.63) is 71.8 Å². The number of hydrogen-bond donors (Lipinski definition) is 1. The number of imidazole rings is 1. The van der Waals surface area contributed by atoms with Gasteiger partial charge < -0.3 is 24.4 Å². The Morgan fingerprint density at radius 2 is 1.92 bits per heavy atom. The second-order valence-electron chi connectivity index (χ2n) is 9.93. The Morgan fingerprint density at radius 1 is 1.10 bits per heavy atom. The van der Waals surface area contributed by atoms with Gasteiger partial charge in [-0.2, -0.15) is 5.10 Å². The van der Waals surface area contributed by atoms with E-state index in [-0.39, 0.29) is 18.4 Å². The Bertz CT molecular complexity index is 1460. The van der Waals surface area contributed by atoms with Crippen molar-refractivity contribution in [2.75, 3.05) is 51.4 Å². The van der Waals surface area contributed by atoms with Gasteiger partial charge in [0.2, 0.25) is 0 Å². The Morgan fingerprint density at radius 3 is 2.64 bits per heavy atom. The van der Waals surface area contributed by atoms with Crippen LogP contribution in [0.25, 0.3) is 16.9 Å². The van der Waals surface area contributed by atoms with E-state index in [1.165, 1.54) is 0 Å². The van der Waals surface area contributed by atoms with E-state index in [1.54, 1.807) is 25.6 Å². The van der Waals surface area contributed by atoms with Crippen LogP contribution in [0.15, 0.2) is 55.0 Å². The summed E-state index contributed by atoms with van der Waals surface area (Å²) in [7, 11) is 1.60. The molecule has 39 heavy (non-hydrogen) atoms. The molecule has 2 fully saturated rings. The van der Waals surface area contributed by atoms with Crippen molar-refractivity contribution < 1.29 is 19.4 Å². The second kappa shape index (κ2) is 11.0. The largest absolute Gasteiger partial charge is 0.496 e. The summed E-state index contributed by atoms with van der Waals surface area (Å²) in [4.78, 5) is 26.1. The molecule has 0 bridgehead atoms. The Balaban J connectivity index is 1.34. The molecule has 10 nitrogen and oxygen atoms in total. The van der Waals surface area contributed by atoms with Crippen LogP contribution >= 0.6 is 0 Å². The number of carbonyl (C=O) groups is 1. The van der Waals surface area contributed by atoms with Gasteiger partial charge in [-0.25, -0.2) is 9.50 Å². The topological polar surface area (TPSA) is 105 Å². The lowest BCUT2D eigenvalue weighted by atomic mass is 9.93. The molecule has 6 rings (SSSR count). The number of aliphatic hydroxyl groups is 1. The molecular formula is C29H32N6O4. The van der Waals surface area contributed by atoms with E-state index < -0.39 is 0 Å². The number of piperidine rings is 1. The highest BCUT2D eigenvalue weighted by Gasteiger charge is 2.28. The standard InChI is InChI=1S/C29H32N6O4/c1-38-27-5-4-21(15-23(27)19-36)24-16-25(33-11-13-39-14-12-33)28-31-18-26(35(28)32-24)20-6-9-34(10-7-20)29(37)22-3-2-8-30-17-22/h2-5,8,15-18,20,36H,6-7,9-14,19H2,1H3. The van der Waals surface area contributed by atoms with Crippen LogP contribution in [0.4, 0.5) is 5.69 Å². The van der Waals surface area contributed by atoms with E-state index in [0.29, 0.717) is 43.2 Å². The summed E-state index contributed by atoms with van der Waals surface area (Å²) in [5.41, 5.74) is 5.90. The molecule has 1 amide bonds. The summed E-state index contributed by atoms with van der Waals surface area (Å²) >= 11 is 0. The minimum atomic E-state index is -0.123. The van der Waals surface area contributed by atoms with Crippen LogP contribution in [0.1, 0.15) is 40.4 Å². The van der Waals surface area contributed by atoms with Gasteiger partial charge in [0.25, 0.3) is 5.91 Å². The van der Waals surface area contributed by atoms with Gasteiger partial charge in [-0.3, -0.25) is 9.78 Å². The number of likely N-dealkylation sites (tertiary alicyclic amines) is 1. The number of ether oxygens (including phenoxy) is 2. The molecule has 202 valence electrons. The second-order valence-corrected chi connectivity index (χ2v) is 9.93. The number of pyridine rings is 1. The summed E-state index contributed by atoms with van der Waals surface area (Å²) in [5.74, 6) is 0.891. The molecule has 0 aliphatic carbocycles. The highest BCUT2D eigenvalue weighted by Crippen LogP contribution is 2.34. The lowest BCUT2D eigenvalue weighted by Gasteiger charge is -2.32. The fraction of sp³-hybridized carbons (Fsp3) is 0.379. The summed E-state index contributed by atoms with van der Waals surface area (Å²) in [6.07, 6.45) is 6.90. The Labute approximate surface area is 226 Å². The van der Waals surface area contributed by atoms with Crippen LogP contribution in [-0.2, 0) is 11.3 Å². The number of aliphatic hydroxyl groups excluding tert-OH is 1. The van der Waals surface area contributed by atoms with Crippen LogP contribution in [-0.4, -0.2) is 82.0 Å². The van der Waals surface area contributed by atoms with Gasteiger partial charge in [0.15, 0.2) is 5.65 Å². The molecule has 2 aliphatic heterocycles. The number of aromatic nitrogens is 4. The highest BCUT2D eigenvalue weighted by molar-refractivity contribution is 5.93. The summed E-state index contributed by atoms with van der Waals surface area (Å²) in [5, 5.41) is 15.0. The first-order valence-corrected chi connectivity index (χ1v) is 13.3. The molecule has 0 unspecified atom stereocenters. The Hall–Kier alpha value is -4.02. The lowest BCUT2D eigenvalue weighted by Crippen LogP contribution is -2.38. The molecule has 1 aromatic carbocycles. The number of hydrogen-bond acceptors (Lipinski definition) is 8. The quantitative estimate of drug-likeness (QED) is 0.407. The van der Waals surface area contributed by atoms with Gasteiger partial charge in [-0.15, -0.1) is 0 Å². The number of rotatable bonds is 6. The van der Waals surface area contributed by atoms with Gasteiger partial charge in [-0.05, 0) is 49.2 Å². The zero-order chi connectivity index (χ0) is 26.8. The average Bonchev–Trinajstić information content (AvgIpc) is 3.45. The summed E-state index contributed by atoms with van der Waals surface area (Å²) < 4.78 is 13.0. The maximum Gasteiger partial charge on any atom is 0.255 e. The van der Waals surface area contributed by atoms with Gasteiger partial charge >= 0.3 is 0 Å². The third kappa shape index (κ3) is 4.93. The first-order chi connectivity index (χ1) is 19.2. The first kappa shape index (κ1) is 25.3. The van der Waals surface area contributed by atoms with Crippen LogP contribution in [0.5, 0.6) is 5.75 Å². The number of nitrogens with zero attached hydrogens (tertiary/aromatic N) is 6. The lowest BCUT2D eigenvalue weighted by molar-refractivity contribution is 0.0711. The third-order valence-electron chi connectivity index (χ3n) is 7.68. The van der Waals surface area contributed by atoms with Crippen molar-refractivity contribution in [3.8, 4) is 17.0 Å². The normalized spacial score (nSPS) is 16.6. The molecule has 0 saturated carbocycles. The number of anilines is 1. The highest BCUT2D eigenvalue weighted by atomic mass is 16.5.